The van der Waals surface area contributed by atoms with Crippen molar-refractivity contribution in [2.24, 2.45) is 5.92 Å². The molecule has 0 radical (unpaired) electrons. The number of fused-ring (bicyclic) bond motifs is 3. The lowest BCUT2D eigenvalue weighted by molar-refractivity contribution is 0.292. The number of hydrogen-bond donors (Lipinski definition) is 0. The van der Waals surface area contributed by atoms with E-state index in [-0.39, 0.29) is 5.54 Å². The van der Waals surface area contributed by atoms with Crippen LogP contribution in [0.15, 0.2) is 60.9 Å². The van der Waals surface area contributed by atoms with Gasteiger partial charge in [0.15, 0.2) is 0 Å². The predicted molar refractivity (Wildman–Crippen MR) is 111 cm³/mol. The fourth-order valence-electron chi connectivity index (χ4n) is 5.38. The van der Waals surface area contributed by atoms with Crippen molar-refractivity contribution in [3.8, 4) is 17.5 Å². The molecule has 1 aliphatic carbocycles. The van der Waals surface area contributed by atoms with Gasteiger partial charge in [-0.25, -0.2) is 4.98 Å². The molecule has 1 fully saturated rings. The van der Waals surface area contributed by atoms with Gasteiger partial charge in [0.25, 0.3) is 0 Å². The minimum Gasteiger partial charge on any atom is -0.317 e. The molecule has 1 aliphatic heterocycles. The van der Waals surface area contributed by atoms with E-state index >= 15 is 0 Å². The third kappa shape index (κ3) is 2.59. The lowest BCUT2D eigenvalue weighted by atomic mass is 9.75. The molecule has 140 valence electrons. The molecule has 1 saturated carbocycles. The topological polar surface area (TPSA) is 41.6 Å². The molecule has 0 saturated heterocycles. The van der Waals surface area contributed by atoms with Crippen molar-refractivity contribution in [1.29, 1.82) is 5.26 Å². The molecule has 5 rings (SSSR count). The Morgan fingerprint density at radius 3 is 2.61 bits per heavy atom. The monoisotopic (exact) mass is 367 g/mol. The Bertz CT molecular complexity index is 1020. The summed E-state index contributed by atoms with van der Waals surface area (Å²) in [4.78, 5) is 4.70. The van der Waals surface area contributed by atoms with E-state index in [9.17, 15) is 5.26 Å². The van der Waals surface area contributed by atoms with Crippen molar-refractivity contribution in [3.63, 3.8) is 0 Å². The van der Waals surface area contributed by atoms with Crippen LogP contribution in [0.25, 0.3) is 11.4 Å². The smallest absolute Gasteiger partial charge is 0.141 e. The van der Waals surface area contributed by atoms with Crippen LogP contribution in [0, 0.1) is 17.2 Å². The van der Waals surface area contributed by atoms with Crippen LogP contribution >= 0.6 is 0 Å². The predicted octanol–water partition coefficient (Wildman–Crippen LogP) is 5.89. The molecule has 2 aromatic carbocycles. The minimum atomic E-state index is -0.228. The SMILES string of the molecule is N#Cc1ccc(C2(CCC3CCCCC3)c3ccccc3-c3nccn32)cc1. The van der Waals surface area contributed by atoms with Gasteiger partial charge in [0.1, 0.15) is 5.82 Å². The Morgan fingerprint density at radius 2 is 1.82 bits per heavy atom. The highest BCUT2D eigenvalue weighted by Gasteiger charge is 2.44. The number of nitrogens with zero attached hydrogens (tertiary/aromatic N) is 3. The first kappa shape index (κ1) is 17.3. The summed E-state index contributed by atoms with van der Waals surface area (Å²) in [6.07, 6.45) is 13.2. The molecule has 2 heterocycles. The van der Waals surface area contributed by atoms with E-state index in [2.05, 4.69) is 53.2 Å². The van der Waals surface area contributed by atoms with E-state index in [0.29, 0.717) is 5.56 Å². The Hall–Kier alpha value is -2.86. The van der Waals surface area contributed by atoms with Gasteiger partial charge < -0.3 is 4.57 Å². The molecule has 0 spiro atoms. The first-order valence-electron chi connectivity index (χ1n) is 10.5. The summed E-state index contributed by atoms with van der Waals surface area (Å²) < 4.78 is 2.38. The molecule has 3 nitrogen and oxygen atoms in total. The van der Waals surface area contributed by atoms with Gasteiger partial charge in [-0.2, -0.15) is 5.26 Å². The fraction of sp³-hybridized carbons (Fsp3) is 0.360. The zero-order chi connectivity index (χ0) is 19.0. The van der Waals surface area contributed by atoms with E-state index in [4.69, 9.17) is 4.98 Å². The zero-order valence-corrected chi connectivity index (χ0v) is 16.1. The summed E-state index contributed by atoms with van der Waals surface area (Å²) in [5.41, 5.74) is 4.32. The average molecular weight is 367 g/mol. The van der Waals surface area contributed by atoms with Crippen LogP contribution in [0.5, 0.6) is 0 Å². The first-order chi connectivity index (χ1) is 13.8. The van der Waals surface area contributed by atoms with E-state index < -0.39 is 0 Å². The minimum absolute atomic E-state index is 0.228. The number of rotatable bonds is 4. The van der Waals surface area contributed by atoms with Crippen molar-refractivity contribution in [1.82, 2.24) is 9.55 Å². The molecule has 1 unspecified atom stereocenters. The molecule has 28 heavy (non-hydrogen) atoms. The third-order valence-corrected chi connectivity index (χ3v) is 6.80. The molecule has 3 aromatic rings. The molecule has 0 N–H and O–H groups in total. The van der Waals surface area contributed by atoms with E-state index in [1.807, 2.05) is 18.3 Å². The molecule has 1 aromatic heterocycles. The van der Waals surface area contributed by atoms with Crippen LogP contribution in [-0.4, -0.2) is 9.55 Å². The molecular formula is C25H25N3. The maximum atomic E-state index is 9.25. The van der Waals surface area contributed by atoms with Crippen molar-refractivity contribution in [2.75, 3.05) is 0 Å². The number of benzene rings is 2. The van der Waals surface area contributed by atoms with Crippen LogP contribution in [0.1, 0.15) is 61.6 Å². The second-order valence-corrected chi connectivity index (χ2v) is 8.26. The number of aromatic nitrogens is 2. The Labute approximate surface area is 166 Å². The summed E-state index contributed by atoms with van der Waals surface area (Å²) in [5.74, 6) is 1.88. The number of hydrogen-bond acceptors (Lipinski definition) is 2. The first-order valence-corrected chi connectivity index (χ1v) is 10.5. The lowest BCUT2D eigenvalue weighted by Crippen LogP contribution is -2.33. The normalized spacial score (nSPS) is 21.1. The van der Waals surface area contributed by atoms with Crippen LogP contribution in [0.3, 0.4) is 0 Å². The Morgan fingerprint density at radius 1 is 1.04 bits per heavy atom. The van der Waals surface area contributed by atoms with Crippen molar-refractivity contribution in [2.45, 2.75) is 50.5 Å². The molecule has 1 atom stereocenters. The molecular weight excluding hydrogens is 342 g/mol. The van der Waals surface area contributed by atoms with Crippen molar-refractivity contribution >= 4 is 0 Å². The zero-order valence-electron chi connectivity index (χ0n) is 16.1. The van der Waals surface area contributed by atoms with Gasteiger partial charge in [-0.05, 0) is 42.0 Å². The van der Waals surface area contributed by atoms with Crippen LogP contribution in [0.4, 0.5) is 0 Å². The fourth-order valence-corrected chi connectivity index (χ4v) is 5.38. The van der Waals surface area contributed by atoms with Crippen molar-refractivity contribution < 1.29 is 0 Å². The van der Waals surface area contributed by atoms with Crippen LogP contribution < -0.4 is 0 Å². The average Bonchev–Trinajstić information content (AvgIpc) is 3.34. The van der Waals surface area contributed by atoms with E-state index in [0.717, 1.165) is 18.2 Å². The maximum absolute atomic E-state index is 9.25. The highest BCUT2D eigenvalue weighted by molar-refractivity contribution is 5.71. The Balaban J connectivity index is 1.64. The van der Waals surface area contributed by atoms with Crippen LogP contribution in [-0.2, 0) is 5.54 Å². The maximum Gasteiger partial charge on any atom is 0.141 e. The van der Waals surface area contributed by atoms with Gasteiger partial charge in [-0.15, -0.1) is 0 Å². The third-order valence-electron chi connectivity index (χ3n) is 6.80. The van der Waals surface area contributed by atoms with Gasteiger partial charge in [0, 0.05) is 18.0 Å². The molecule has 3 heteroatoms. The highest BCUT2D eigenvalue weighted by atomic mass is 15.2. The second kappa shape index (κ2) is 6.95. The lowest BCUT2D eigenvalue weighted by Gasteiger charge is -2.35. The largest absolute Gasteiger partial charge is 0.317 e. The summed E-state index contributed by atoms with van der Waals surface area (Å²) in [6.45, 7) is 0. The summed E-state index contributed by atoms with van der Waals surface area (Å²) in [5, 5.41) is 9.25. The molecule has 0 amide bonds. The Kier molecular flexibility index (Phi) is 4.28. The number of imidazole rings is 1. The molecule has 0 bridgehead atoms. The van der Waals surface area contributed by atoms with Crippen molar-refractivity contribution in [3.05, 3.63) is 77.6 Å². The van der Waals surface area contributed by atoms with E-state index in [1.165, 1.54) is 55.2 Å². The quantitative estimate of drug-likeness (QED) is 0.577. The number of nitriles is 1. The standard InChI is InChI=1S/C25H25N3/c26-18-20-10-12-21(13-11-20)25(15-14-19-6-2-1-3-7-19)23-9-5-4-8-22(23)24-27-16-17-28(24)25/h4-5,8-13,16-17,19H,1-3,6-7,14-15H2. The highest BCUT2D eigenvalue weighted by Crippen LogP contribution is 2.50. The van der Waals surface area contributed by atoms with Gasteiger partial charge in [-0.3, -0.25) is 0 Å². The van der Waals surface area contributed by atoms with Gasteiger partial charge in [-0.1, -0.05) is 68.5 Å². The van der Waals surface area contributed by atoms with Gasteiger partial charge >= 0.3 is 0 Å². The summed E-state index contributed by atoms with van der Waals surface area (Å²) >= 11 is 0. The van der Waals surface area contributed by atoms with Gasteiger partial charge in [0.05, 0.1) is 17.2 Å². The second-order valence-electron chi connectivity index (χ2n) is 8.26. The summed E-state index contributed by atoms with van der Waals surface area (Å²) in [7, 11) is 0. The van der Waals surface area contributed by atoms with Crippen LogP contribution in [0.2, 0.25) is 0 Å². The van der Waals surface area contributed by atoms with E-state index in [1.54, 1.807) is 0 Å². The molecule has 2 aliphatic rings. The summed E-state index contributed by atoms with van der Waals surface area (Å²) in [6, 6.07) is 19.2. The van der Waals surface area contributed by atoms with Gasteiger partial charge in [0.2, 0.25) is 0 Å².